The molecule has 5 aromatic carbocycles. The lowest BCUT2D eigenvalue weighted by Gasteiger charge is -2.08. The van der Waals surface area contributed by atoms with E-state index in [4.69, 9.17) is 4.42 Å². The van der Waals surface area contributed by atoms with Crippen molar-refractivity contribution in [3.05, 3.63) is 146 Å². The van der Waals surface area contributed by atoms with Crippen LogP contribution in [0.4, 0.5) is 0 Å². The third-order valence-electron chi connectivity index (χ3n) is 6.96. The first kappa shape index (κ1) is 22.5. The Morgan fingerprint density at radius 1 is 0.395 bits per heavy atom. The lowest BCUT2D eigenvalue weighted by atomic mass is 9.96. The molecule has 0 N–H and O–H groups in total. The van der Waals surface area contributed by atoms with Crippen LogP contribution in [0, 0.1) is 0 Å². The van der Waals surface area contributed by atoms with Crippen LogP contribution in [0.1, 0.15) is 0 Å². The van der Waals surface area contributed by atoms with Crippen molar-refractivity contribution < 1.29 is 4.42 Å². The first-order valence-corrected chi connectivity index (χ1v) is 13.6. The van der Waals surface area contributed by atoms with Crippen LogP contribution in [0.2, 0.25) is 0 Å². The summed E-state index contributed by atoms with van der Waals surface area (Å²) >= 11 is 1.79. The van der Waals surface area contributed by atoms with Gasteiger partial charge in [-0.3, -0.25) is 0 Å². The summed E-state index contributed by atoms with van der Waals surface area (Å²) < 4.78 is 6.92. The summed E-state index contributed by atoms with van der Waals surface area (Å²) in [5.74, 6) is 1.83. The van der Waals surface area contributed by atoms with Crippen LogP contribution in [-0.2, 0) is 0 Å². The zero-order valence-corrected chi connectivity index (χ0v) is 21.5. The molecule has 7 rings (SSSR count). The van der Waals surface area contributed by atoms with Gasteiger partial charge in [-0.2, -0.15) is 0 Å². The Morgan fingerprint density at radius 2 is 0.868 bits per heavy atom. The first-order valence-electron chi connectivity index (χ1n) is 12.8. The van der Waals surface area contributed by atoms with Crippen molar-refractivity contribution in [3.8, 4) is 54.7 Å². The summed E-state index contributed by atoms with van der Waals surface area (Å²) in [6, 6.07) is 51.1. The average molecular weight is 505 g/mol. The topological polar surface area (TPSA) is 13.1 Å². The van der Waals surface area contributed by atoms with Gasteiger partial charge in [-0.1, -0.05) is 140 Å². The van der Waals surface area contributed by atoms with E-state index in [2.05, 4.69) is 146 Å². The molecule has 0 atom stereocenters. The third kappa shape index (κ3) is 3.96. The Bertz CT molecular complexity index is 1840. The van der Waals surface area contributed by atoms with Gasteiger partial charge in [0.05, 0.1) is 4.88 Å². The summed E-state index contributed by atoms with van der Waals surface area (Å²) in [5.41, 5.74) is 7.04. The number of hydrogen-bond donors (Lipinski definition) is 0. The normalized spacial score (nSPS) is 11.2. The predicted molar refractivity (Wildman–Crippen MR) is 161 cm³/mol. The highest BCUT2D eigenvalue weighted by Gasteiger charge is 2.23. The van der Waals surface area contributed by atoms with Gasteiger partial charge in [-0.25, -0.2) is 0 Å². The number of benzene rings is 5. The van der Waals surface area contributed by atoms with Gasteiger partial charge in [0.1, 0.15) is 5.76 Å². The molecule has 0 aliphatic rings. The van der Waals surface area contributed by atoms with E-state index < -0.39 is 0 Å². The van der Waals surface area contributed by atoms with Crippen LogP contribution in [0.25, 0.3) is 65.4 Å². The van der Waals surface area contributed by atoms with E-state index in [-0.39, 0.29) is 0 Å². The molecule has 0 bridgehead atoms. The number of fused-ring (bicyclic) bond motifs is 1. The van der Waals surface area contributed by atoms with Crippen molar-refractivity contribution in [3.63, 3.8) is 0 Å². The summed E-state index contributed by atoms with van der Waals surface area (Å²) in [7, 11) is 0. The quantitative estimate of drug-likeness (QED) is 0.227. The molecule has 7 aromatic rings. The van der Waals surface area contributed by atoms with Crippen LogP contribution >= 0.6 is 11.3 Å². The number of thiophene rings is 1. The molecular formula is C36H24OS. The van der Waals surface area contributed by atoms with E-state index in [1.807, 2.05) is 0 Å². The second-order valence-electron chi connectivity index (χ2n) is 9.30. The summed E-state index contributed by atoms with van der Waals surface area (Å²) in [6.07, 6.45) is 0. The molecule has 0 radical (unpaired) electrons. The van der Waals surface area contributed by atoms with Crippen molar-refractivity contribution in [2.45, 2.75) is 0 Å². The van der Waals surface area contributed by atoms with Gasteiger partial charge in [0.2, 0.25) is 0 Å². The average Bonchev–Trinajstić information content (AvgIpc) is 3.61. The zero-order chi connectivity index (χ0) is 25.3. The molecule has 0 fully saturated rings. The van der Waals surface area contributed by atoms with Gasteiger partial charge >= 0.3 is 0 Å². The summed E-state index contributed by atoms with van der Waals surface area (Å²) in [4.78, 5) is 2.38. The highest BCUT2D eigenvalue weighted by molar-refractivity contribution is 7.19. The molecular weight excluding hydrogens is 480 g/mol. The molecule has 0 saturated heterocycles. The Morgan fingerprint density at radius 3 is 1.50 bits per heavy atom. The number of hydrogen-bond acceptors (Lipinski definition) is 2. The van der Waals surface area contributed by atoms with Gasteiger partial charge in [-0.05, 0) is 28.3 Å². The fourth-order valence-corrected chi connectivity index (χ4v) is 6.33. The van der Waals surface area contributed by atoms with E-state index in [1.54, 1.807) is 11.3 Å². The van der Waals surface area contributed by atoms with Crippen molar-refractivity contribution >= 4 is 22.1 Å². The Labute approximate surface area is 226 Å². The molecule has 0 amide bonds. The molecule has 0 saturated carbocycles. The fourth-order valence-electron chi connectivity index (χ4n) is 5.15. The minimum atomic E-state index is 0.906. The lowest BCUT2D eigenvalue weighted by molar-refractivity contribution is 0.604. The molecule has 2 aromatic heterocycles. The van der Waals surface area contributed by atoms with E-state index >= 15 is 0 Å². The van der Waals surface area contributed by atoms with Crippen LogP contribution in [0.15, 0.2) is 150 Å². The first-order chi connectivity index (χ1) is 18.9. The largest absolute Gasteiger partial charge is 0.454 e. The van der Waals surface area contributed by atoms with Crippen molar-refractivity contribution in [2.75, 3.05) is 0 Å². The highest BCUT2D eigenvalue weighted by atomic mass is 32.1. The molecule has 38 heavy (non-hydrogen) atoms. The molecule has 1 nitrogen and oxygen atoms in total. The number of furan rings is 1. The number of rotatable bonds is 5. The van der Waals surface area contributed by atoms with E-state index in [9.17, 15) is 0 Å². The predicted octanol–water partition coefficient (Wildman–Crippen LogP) is 10.8. The second kappa shape index (κ2) is 9.66. The van der Waals surface area contributed by atoms with Crippen LogP contribution in [0.5, 0.6) is 0 Å². The molecule has 0 aliphatic heterocycles. The standard InChI is InChI=1S/C36H24OS/c1-4-14-25(15-5-1)28-20-10-11-21-29(28)34-30-22-12-13-23-31(30)35(37-34)36-32(26-16-6-2-7-17-26)24-33(38-36)27-18-8-3-9-19-27/h1-24H. The van der Waals surface area contributed by atoms with Gasteiger partial charge in [-0.15, -0.1) is 11.3 Å². The molecule has 180 valence electrons. The maximum Gasteiger partial charge on any atom is 0.153 e. The Kier molecular flexibility index (Phi) is 5.73. The van der Waals surface area contributed by atoms with Gasteiger partial charge < -0.3 is 4.42 Å². The highest BCUT2D eigenvalue weighted by Crippen LogP contribution is 2.49. The molecule has 0 aliphatic carbocycles. The summed E-state index contributed by atoms with van der Waals surface area (Å²) in [6.45, 7) is 0. The molecule has 0 unspecified atom stereocenters. The van der Waals surface area contributed by atoms with Crippen LogP contribution < -0.4 is 0 Å². The summed E-state index contributed by atoms with van der Waals surface area (Å²) in [5, 5.41) is 2.25. The SMILES string of the molecule is c1ccc(-c2cc(-c3ccccc3)c(-c3oc(-c4ccccc4-c4ccccc4)c4ccccc34)s2)cc1. The minimum absolute atomic E-state index is 0.906. The fraction of sp³-hybridized carbons (Fsp3) is 0. The van der Waals surface area contributed by atoms with Gasteiger partial charge in [0, 0.05) is 26.8 Å². The maximum absolute atomic E-state index is 6.92. The second-order valence-corrected chi connectivity index (χ2v) is 10.4. The lowest BCUT2D eigenvalue weighted by Crippen LogP contribution is -1.83. The molecule has 2 heterocycles. The van der Waals surface area contributed by atoms with E-state index in [0.717, 1.165) is 32.7 Å². The maximum atomic E-state index is 6.92. The van der Waals surface area contributed by atoms with Gasteiger partial charge in [0.25, 0.3) is 0 Å². The van der Waals surface area contributed by atoms with E-state index in [1.165, 1.54) is 32.7 Å². The smallest absolute Gasteiger partial charge is 0.153 e. The monoisotopic (exact) mass is 504 g/mol. The van der Waals surface area contributed by atoms with Gasteiger partial charge in [0.15, 0.2) is 5.76 Å². The zero-order valence-electron chi connectivity index (χ0n) is 20.7. The van der Waals surface area contributed by atoms with Crippen molar-refractivity contribution in [1.29, 1.82) is 0 Å². The van der Waals surface area contributed by atoms with Crippen molar-refractivity contribution in [2.24, 2.45) is 0 Å². The van der Waals surface area contributed by atoms with Crippen molar-refractivity contribution in [1.82, 2.24) is 0 Å². The van der Waals surface area contributed by atoms with E-state index in [0.29, 0.717) is 0 Å². The Hall–Kier alpha value is -4.66. The Balaban J connectivity index is 1.49. The van der Waals surface area contributed by atoms with Crippen LogP contribution in [-0.4, -0.2) is 0 Å². The van der Waals surface area contributed by atoms with Crippen LogP contribution in [0.3, 0.4) is 0 Å². The minimum Gasteiger partial charge on any atom is -0.454 e. The third-order valence-corrected chi connectivity index (χ3v) is 8.14. The molecule has 0 spiro atoms. The molecule has 2 heteroatoms.